The second-order valence-corrected chi connectivity index (χ2v) is 8.37. The van der Waals surface area contributed by atoms with Crippen LogP contribution >= 0.6 is 11.3 Å². The SMILES string of the molecule is CCNC(=NCc1ccnc(N2CCN(C)CC2)c1)NCCc1ncc(C)s1. The molecule has 2 aromatic heterocycles. The molecule has 1 saturated heterocycles. The zero-order valence-corrected chi connectivity index (χ0v) is 17.9. The fraction of sp³-hybridized carbons (Fsp3) is 0.550. The van der Waals surface area contributed by atoms with E-state index in [4.69, 9.17) is 4.99 Å². The first-order valence-corrected chi connectivity index (χ1v) is 10.8. The maximum atomic E-state index is 4.74. The van der Waals surface area contributed by atoms with Gasteiger partial charge in [0, 0.05) is 63.0 Å². The lowest BCUT2D eigenvalue weighted by Crippen LogP contribution is -2.44. The van der Waals surface area contributed by atoms with E-state index in [-0.39, 0.29) is 0 Å². The molecular weight excluding hydrogens is 370 g/mol. The molecule has 1 aliphatic heterocycles. The second-order valence-electron chi connectivity index (χ2n) is 7.05. The lowest BCUT2D eigenvalue weighted by Gasteiger charge is -2.33. The van der Waals surface area contributed by atoms with E-state index in [9.17, 15) is 0 Å². The van der Waals surface area contributed by atoms with Crippen molar-refractivity contribution in [3.8, 4) is 0 Å². The highest BCUT2D eigenvalue weighted by atomic mass is 32.1. The summed E-state index contributed by atoms with van der Waals surface area (Å²) in [5.41, 5.74) is 1.18. The van der Waals surface area contributed by atoms with Crippen molar-refractivity contribution in [1.29, 1.82) is 0 Å². The topological polar surface area (TPSA) is 68.7 Å². The molecule has 0 aliphatic carbocycles. The Hall–Kier alpha value is -2.19. The Morgan fingerprint density at radius 3 is 2.75 bits per heavy atom. The van der Waals surface area contributed by atoms with E-state index in [1.165, 1.54) is 10.4 Å². The average Bonchev–Trinajstić information content (AvgIpc) is 3.12. The van der Waals surface area contributed by atoms with Crippen LogP contribution in [-0.4, -0.2) is 67.1 Å². The molecular formula is C20H31N7S. The van der Waals surface area contributed by atoms with Gasteiger partial charge >= 0.3 is 0 Å². The number of piperazine rings is 1. The zero-order chi connectivity index (χ0) is 19.8. The van der Waals surface area contributed by atoms with Crippen molar-refractivity contribution < 1.29 is 0 Å². The Balaban J connectivity index is 1.55. The molecule has 1 fully saturated rings. The fourth-order valence-electron chi connectivity index (χ4n) is 3.08. The number of pyridine rings is 1. The zero-order valence-electron chi connectivity index (χ0n) is 17.1. The van der Waals surface area contributed by atoms with Gasteiger partial charge in [0.15, 0.2) is 5.96 Å². The monoisotopic (exact) mass is 401 g/mol. The van der Waals surface area contributed by atoms with E-state index in [1.54, 1.807) is 11.3 Å². The van der Waals surface area contributed by atoms with Crippen LogP contribution in [0.3, 0.4) is 0 Å². The molecule has 0 unspecified atom stereocenters. The van der Waals surface area contributed by atoms with Crippen molar-refractivity contribution in [2.24, 2.45) is 4.99 Å². The highest BCUT2D eigenvalue weighted by Crippen LogP contribution is 2.15. The summed E-state index contributed by atoms with van der Waals surface area (Å²) in [5.74, 6) is 1.90. The molecule has 0 spiro atoms. The number of nitrogens with zero attached hydrogens (tertiary/aromatic N) is 5. The molecule has 2 N–H and O–H groups in total. The summed E-state index contributed by atoms with van der Waals surface area (Å²) in [6.07, 6.45) is 4.73. The number of aryl methyl sites for hydroxylation is 1. The highest BCUT2D eigenvalue weighted by Gasteiger charge is 2.15. The Morgan fingerprint density at radius 2 is 2.04 bits per heavy atom. The minimum atomic E-state index is 0.634. The largest absolute Gasteiger partial charge is 0.357 e. The average molecular weight is 402 g/mol. The van der Waals surface area contributed by atoms with E-state index < -0.39 is 0 Å². The van der Waals surface area contributed by atoms with Crippen LogP contribution in [0.4, 0.5) is 5.82 Å². The van der Waals surface area contributed by atoms with Crippen molar-refractivity contribution in [2.75, 3.05) is 51.2 Å². The Morgan fingerprint density at radius 1 is 1.21 bits per heavy atom. The standard InChI is InChI=1S/C20H31N7S/c1-4-21-20(23-8-6-19-24-14-16(2)28-19)25-15-17-5-7-22-18(13-17)27-11-9-26(3)10-12-27/h5,7,13-14H,4,6,8-12,15H2,1-3H3,(H2,21,23,25). The van der Waals surface area contributed by atoms with Gasteiger partial charge in [-0.05, 0) is 38.6 Å². The molecule has 7 nitrogen and oxygen atoms in total. The Labute approximate surface area is 171 Å². The number of rotatable bonds is 7. The molecule has 3 heterocycles. The first-order chi connectivity index (χ1) is 13.6. The number of anilines is 1. The first kappa shape index (κ1) is 20.5. The minimum absolute atomic E-state index is 0.634. The molecule has 28 heavy (non-hydrogen) atoms. The van der Waals surface area contributed by atoms with Crippen LogP contribution in [0.5, 0.6) is 0 Å². The van der Waals surface area contributed by atoms with Crippen LogP contribution in [0.25, 0.3) is 0 Å². The van der Waals surface area contributed by atoms with Crippen molar-refractivity contribution in [3.63, 3.8) is 0 Å². The molecule has 3 rings (SSSR count). The molecule has 0 amide bonds. The van der Waals surface area contributed by atoms with Gasteiger partial charge in [-0.15, -0.1) is 11.3 Å². The van der Waals surface area contributed by atoms with Gasteiger partial charge in [0.2, 0.25) is 0 Å². The van der Waals surface area contributed by atoms with Crippen molar-refractivity contribution in [2.45, 2.75) is 26.8 Å². The van der Waals surface area contributed by atoms with Gasteiger partial charge in [-0.2, -0.15) is 0 Å². The molecule has 0 saturated carbocycles. The van der Waals surface area contributed by atoms with Gasteiger partial charge in [-0.1, -0.05) is 0 Å². The number of guanidine groups is 1. The number of aliphatic imine (C=N–C) groups is 1. The maximum Gasteiger partial charge on any atom is 0.191 e. The van der Waals surface area contributed by atoms with Gasteiger partial charge in [-0.3, -0.25) is 0 Å². The van der Waals surface area contributed by atoms with Gasteiger partial charge in [0.05, 0.1) is 11.6 Å². The molecule has 0 bridgehead atoms. The van der Waals surface area contributed by atoms with Crippen LogP contribution in [0.2, 0.25) is 0 Å². The number of nitrogens with one attached hydrogen (secondary N) is 2. The summed E-state index contributed by atoms with van der Waals surface area (Å²) in [6.45, 7) is 10.7. The van der Waals surface area contributed by atoms with E-state index in [2.05, 4.69) is 57.4 Å². The molecule has 152 valence electrons. The lowest BCUT2D eigenvalue weighted by molar-refractivity contribution is 0.312. The number of likely N-dealkylation sites (N-methyl/N-ethyl adjacent to an activating group) is 1. The summed E-state index contributed by atoms with van der Waals surface area (Å²) >= 11 is 1.75. The smallest absolute Gasteiger partial charge is 0.191 e. The summed E-state index contributed by atoms with van der Waals surface area (Å²) < 4.78 is 0. The van der Waals surface area contributed by atoms with Gasteiger partial charge in [0.25, 0.3) is 0 Å². The third-order valence-corrected chi connectivity index (χ3v) is 5.67. The molecule has 2 aromatic rings. The number of hydrogen-bond donors (Lipinski definition) is 2. The van der Waals surface area contributed by atoms with Crippen LogP contribution in [0, 0.1) is 6.92 Å². The number of thiazole rings is 1. The highest BCUT2D eigenvalue weighted by molar-refractivity contribution is 7.11. The minimum Gasteiger partial charge on any atom is -0.357 e. The van der Waals surface area contributed by atoms with Gasteiger partial charge in [0.1, 0.15) is 5.82 Å². The quantitative estimate of drug-likeness (QED) is 0.546. The Bertz CT molecular complexity index is 765. The summed E-state index contributed by atoms with van der Waals surface area (Å²) in [5, 5.41) is 7.88. The van der Waals surface area contributed by atoms with Crippen molar-refractivity contribution in [1.82, 2.24) is 25.5 Å². The normalized spacial score (nSPS) is 15.7. The fourth-order valence-corrected chi connectivity index (χ4v) is 3.87. The van der Waals surface area contributed by atoms with E-state index >= 15 is 0 Å². The lowest BCUT2D eigenvalue weighted by atomic mass is 10.2. The van der Waals surface area contributed by atoms with E-state index in [1.807, 2.05) is 18.5 Å². The predicted molar refractivity (Wildman–Crippen MR) is 117 cm³/mol. The van der Waals surface area contributed by atoms with Crippen molar-refractivity contribution >= 4 is 23.1 Å². The first-order valence-electron chi connectivity index (χ1n) is 9.96. The van der Waals surface area contributed by atoms with Crippen molar-refractivity contribution in [3.05, 3.63) is 40.0 Å². The Kier molecular flexibility index (Phi) is 7.62. The van der Waals surface area contributed by atoms with Crippen LogP contribution in [0.1, 0.15) is 22.4 Å². The molecule has 0 aromatic carbocycles. The molecule has 0 radical (unpaired) electrons. The molecule has 8 heteroatoms. The summed E-state index contributed by atoms with van der Waals surface area (Å²) in [6, 6.07) is 4.21. The van der Waals surface area contributed by atoms with Crippen LogP contribution in [0.15, 0.2) is 29.5 Å². The predicted octanol–water partition coefficient (Wildman–Crippen LogP) is 1.90. The third kappa shape index (κ3) is 6.17. The number of aromatic nitrogens is 2. The van der Waals surface area contributed by atoms with Crippen LogP contribution < -0.4 is 15.5 Å². The van der Waals surface area contributed by atoms with Gasteiger partial charge < -0.3 is 20.4 Å². The third-order valence-electron chi connectivity index (χ3n) is 4.70. The summed E-state index contributed by atoms with van der Waals surface area (Å²) in [4.78, 5) is 19.7. The maximum absolute atomic E-state index is 4.74. The molecule has 1 aliphatic rings. The van der Waals surface area contributed by atoms with Crippen LogP contribution in [-0.2, 0) is 13.0 Å². The van der Waals surface area contributed by atoms with E-state index in [0.717, 1.165) is 62.5 Å². The van der Waals surface area contributed by atoms with E-state index in [0.29, 0.717) is 6.54 Å². The van der Waals surface area contributed by atoms with Gasteiger partial charge in [-0.25, -0.2) is 15.0 Å². The summed E-state index contributed by atoms with van der Waals surface area (Å²) in [7, 11) is 2.17. The molecule has 0 atom stereocenters. The number of hydrogen-bond acceptors (Lipinski definition) is 6. The second kappa shape index (κ2) is 10.4.